The molecular formula is C20H23ClN2O2. The van der Waals surface area contributed by atoms with Crippen LogP contribution in [0.5, 0.6) is 5.75 Å². The van der Waals surface area contributed by atoms with Crippen LogP contribution >= 0.6 is 11.6 Å². The molecule has 2 aromatic carbocycles. The first-order valence-corrected chi connectivity index (χ1v) is 8.97. The molecule has 0 aliphatic carbocycles. The number of carbonyl (C=O) groups excluding carboxylic acids is 1. The van der Waals surface area contributed by atoms with E-state index in [1.54, 1.807) is 31.2 Å². The number of amides is 1. The van der Waals surface area contributed by atoms with Crippen LogP contribution in [-0.4, -0.2) is 48.0 Å². The molecule has 0 aromatic heterocycles. The fraction of sp³-hybridized carbons (Fsp3) is 0.350. The zero-order valence-electron chi connectivity index (χ0n) is 14.4. The number of rotatable bonds is 5. The third-order valence-electron chi connectivity index (χ3n) is 4.41. The normalized spacial score (nSPS) is 16.5. The summed E-state index contributed by atoms with van der Waals surface area (Å²) in [4.78, 5) is 16.9. The summed E-state index contributed by atoms with van der Waals surface area (Å²) < 4.78 is 5.74. The Bertz CT molecular complexity index is 683. The Balaban J connectivity index is 1.48. The predicted molar refractivity (Wildman–Crippen MR) is 99.8 cm³/mol. The van der Waals surface area contributed by atoms with Crippen LogP contribution in [-0.2, 0) is 11.3 Å². The van der Waals surface area contributed by atoms with Crippen LogP contribution in [0.3, 0.4) is 0 Å². The SMILES string of the molecule is C[C@H](Oc1ccc(Cl)cc1)C(=O)N1CCN(Cc2ccccc2)CC1. The molecule has 5 heteroatoms. The van der Waals surface area contributed by atoms with Gasteiger partial charge in [-0.2, -0.15) is 0 Å². The molecule has 25 heavy (non-hydrogen) atoms. The Morgan fingerprint density at radius 1 is 1.04 bits per heavy atom. The second-order valence-electron chi connectivity index (χ2n) is 6.30. The Hall–Kier alpha value is -2.04. The molecule has 3 rings (SSSR count). The molecule has 1 aliphatic heterocycles. The molecule has 1 heterocycles. The second kappa shape index (κ2) is 8.37. The summed E-state index contributed by atoms with van der Waals surface area (Å²) in [5.74, 6) is 0.697. The van der Waals surface area contributed by atoms with E-state index in [-0.39, 0.29) is 5.91 Å². The van der Waals surface area contributed by atoms with E-state index in [2.05, 4.69) is 29.2 Å². The molecule has 0 spiro atoms. The summed E-state index contributed by atoms with van der Waals surface area (Å²) in [5.41, 5.74) is 1.31. The maximum absolute atomic E-state index is 12.6. The van der Waals surface area contributed by atoms with Gasteiger partial charge in [0.05, 0.1) is 0 Å². The minimum Gasteiger partial charge on any atom is -0.481 e. The Labute approximate surface area is 154 Å². The minimum absolute atomic E-state index is 0.0364. The van der Waals surface area contributed by atoms with Gasteiger partial charge in [0.2, 0.25) is 0 Å². The van der Waals surface area contributed by atoms with Crippen molar-refractivity contribution in [1.29, 1.82) is 0 Å². The number of hydrogen-bond acceptors (Lipinski definition) is 3. The summed E-state index contributed by atoms with van der Waals surface area (Å²) >= 11 is 5.87. The van der Waals surface area contributed by atoms with Crippen molar-refractivity contribution in [2.45, 2.75) is 19.6 Å². The molecule has 0 N–H and O–H groups in total. The van der Waals surface area contributed by atoms with Crippen molar-refractivity contribution in [3.63, 3.8) is 0 Å². The second-order valence-corrected chi connectivity index (χ2v) is 6.74. The van der Waals surface area contributed by atoms with Crippen molar-refractivity contribution >= 4 is 17.5 Å². The highest BCUT2D eigenvalue weighted by Crippen LogP contribution is 2.18. The highest BCUT2D eigenvalue weighted by atomic mass is 35.5. The van der Waals surface area contributed by atoms with Crippen LogP contribution < -0.4 is 4.74 Å². The van der Waals surface area contributed by atoms with Gasteiger partial charge in [0.15, 0.2) is 6.10 Å². The molecule has 1 aliphatic rings. The Morgan fingerprint density at radius 3 is 2.32 bits per heavy atom. The van der Waals surface area contributed by atoms with Crippen LogP contribution in [0, 0.1) is 0 Å². The van der Waals surface area contributed by atoms with Crippen LogP contribution in [0.1, 0.15) is 12.5 Å². The van der Waals surface area contributed by atoms with Crippen molar-refractivity contribution in [2.75, 3.05) is 26.2 Å². The topological polar surface area (TPSA) is 32.8 Å². The molecule has 0 unspecified atom stereocenters. The molecule has 1 fully saturated rings. The standard InChI is InChI=1S/C20H23ClN2O2/c1-16(25-19-9-7-18(21)8-10-19)20(24)23-13-11-22(12-14-23)15-17-5-3-2-4-6-17/h2-10,16H,11-15H2,1H3/t16-/m0/s1. The van der Waals surface area contributed by atoms with E-state index in [4.69, 9.17) is 16.3 Å². The number of halogens is 1. The van der Waals surface area contributed by atoms with Gasteiger partial charge in [-0.1, -0.05) is 41.9 Å². The maximum atomic E-state index is 12.6. The average molecular weight is 359 g/mol. The van der Waals surface area contributed by atoms with Crippen molar-refractivity contribution in [2.24, 2.45) is 0 Å². The van der Waals surface area contributed by atoms with Gasteiger partial charge in [0.1, 0.15) is 5.75 Å². The Morgan fingerprint density at radius 2 is 1.68 bits per heavy atom. The van der Waals surface area contributed by atoms with E-state index in [9.17, 15) is 4.79 Å². The van der Waals surface area contributed by atoms with Gasteiger partial charge in [-0.3, -0.25) is 9.69 Å². The summed E-state index contributed by atoms with van der Waals surface area (Å²) in [6, 6.07) is 17.5. The lowest BCUT2D eigenvalue weighted by Gasteiger charge is -2.35. The molecule has 1 atom stereocenters. The highest BCUT2D eigenvalue weighted by molar-refractivity contribution is 6.30. The van der Waals surface area contributed by atoms with Gasteiger partial charge >= 0.3 is 0 Å². The lowest BCUT2D eigenvalue weighted by Crippen LogP contribution is -2.51. The van der Waals surface area contributed by atoms with Gasteiger partial charge in [0.25, 0.3) is 5.91 Å². The van der Waals surface area contributed by atoms with Crippen LogP contribution in [0.4, 0.5) is 0 Å². The smallest absolute Gasteiger partial charge is 0.263 e. The van der Waals surface area contributed by atoms with E-state index < -0.39 is 6.10 Å². The monoisotopic (exact) mass is 358 g/mol. The van der Waals surface area contributed by atoms with Crippen molar-refractivity contribution < 1.29 is 9.53 Å². The quantitative estimate of drug-likeness (QED) is 0.820. The highest BCUT2D eigenvalue weighted by Gasteiger charge is 2.26. The van der Waals surface area contributed by atoms with Gasteiger partial charge < -0.3 is 9.64 Å². The Kier molecular flexibility index (Phi) is 5.95. The number of carbonyl (C=O) groups is 1. The summed E-state index contributed by atoms with van der Waals surface area (Å²) in [6.45, 7) is 5.97. The van der Waals surface area contributed by atoms with Crippen molar-refractivity contribution in [3.05, 3.63) is 65.2 Å². The van der Waals surface area contributed by atoms with E-state index >= 15 is 0 Å². The van der Waals surface area contributed by atoms with Crippen LogP contribution in [0.25, 0.3) is 0 Å². The average Bonchev–Trinajstić information content (AvgIpc) is 2.64. The molecule has 0 radical (unpaired) electrons. The van der Waals surface area contributed by atoms with Crippen molar-refractivity contribution in [3.8, 4) is 5.75 Å². The maximum Gasteiger partial charge on any atom is 0.263 e. The van der Waals surface area contributed by atoms with E-state index in [1.165, 1.54) is 5.56 Å². The summed E-state index contributed by atoms with van der Waals surface area (Å²) in [5, 5.41) is 0.654. The first-order valence-electron chi connectivity index (χ1n) is 8.59. The molecule has 4 nitrogen and oxygen atoms in total. The van der Waals surface area contributed by atoms with Crippen LogP contribution in [0.15, 0.2) is 54.6 Å². The van der Waals surface area contributed by atoms with Gasteiger partial charge in [-0.25, -0.2) is 0 Å². The lowest BCUT2D eigenvalue weighted by molar-refractivity contribution is -0.139. The molecule has 2 aromatic rings. The first-order chi connectivity index (χ1) is 12.1. The number of nitrogens with zero attached hydrogens (tertiary/aromatic N) is 2. The number of piperazine rings is 1. The molecule has 0 bridgehead atoms. The fourth-order valence-electron chi connectivity index (χ4n) is 2.99. The zero-order chi connectivity index (χ0) is 17.6. The summed E-state index contributed by atoms with van der Waals surface area (Å²) in [6.07, 6.45) is -0.498. The van der Waals surface area contributed by atoms with Gasteiger partial charge in [0, 0.05) is 37.7 Å². The lowest BCUT2D eigenvalue weighted by atomic mass is 10.2. The van der Waals surface area contributed by atoms with Crippen LogP contribution in [0.2, 0.25) is 5.02 Å². The third-order valence-corrected chi connectivity index (χ3v) is 4.66. The van der Waals surface area contributed by atoms with Crippen molar-refractivity contribution in [1.82, 2.24) is 9.80 Å². The molecule has 1 saturated heterocycles. The predicted octanol–water partition coefficient (Wildman–Crippen LogP) is 3.45. The van der Waals surface area contributed by atoms with E-state index in [0.29, 0.717) is 10.8 Å². The molecule has 132 valence electrons. The number of hydrogen-bond donors (Lipinski definition) is 0. The first kappa shape index (κ1) is 17.8. The van der Waals surface area contributed by atoms with Gasteiger partial charge in [-0.15, -0.1) is 0 Å². The van der Waals surface area contributed by atoms with Gasteiger partial charge in [-0.05, 0) is 36.8 Å². The third kappa shape index (κ3) is 4.97. The zero-order valence-corrected chi connectivity index (χ0v) is 15.2. The fourth-order valence-corrected chi connectivity index (χ4v) is 3.12. The number of benzene rings is 2. The molecular weight excluding hydrogens is 336 g/mol. The largest absolute Gasteiger partial charge is 0.481 e. The molecule has 0 saturated carbocycles. The summed E-state index contributed by atoms with van der Waals surface area (Å²) in [7, 11) is 0. The number of ether oxygens (including phenoxy) is 1. The van der Waals surface area contributed by atoms with E-state index in [1.807, 2.05) is 11.0 Å². The molecule has 1 amide bonds. The minimum atomic E-state index is -0.498. The van der Waals surface area contributed by atoms with E-state index in [0.717, 1.165) is 32.7 Å².